The Kier molecular flexibility index (Phi) is 6.17. The fourth-order valence-corrected chi connectivity index (χ4v) is 3.10. The number of hydrogen-bond donors (Lipinski definition) is 2. The lowest BCUT2D eigenvalue weighted by molar-refractivity contribution is 0.0459. The summed E-state index contributed by atoms with van der Waals surface area (Å²) in [5, 5.41) is 5.16. The Balaban J connectivity index is 1.51. The minimum atomic E-state index is -0.349. The van der Waals surface area contributed by atoms with Gasteiger partial charge in [0.15, 0.2) is 5.82 Å². The molecular weight excluding hydrogens is 404 g/mol. The highest BCUT2D eigenvalue weighted by atomic mass is 16.5. The molecule has 1 aromatic heterocycles. The van der Waals surface area contributed by atoms with E-state index in [0.717, 1.165) is 10.8 Å². The summed E-state index contributed by atoms with van der Waals surface area (Å²) in [6, 6.07) is 20.6. The molecule has 0 aliphatic rings. The molecule has 0 saturated heterocycles. The zero-order valence-corrected chi connectivity index (χ0v) is 17.9. The molecule has 162 valence electrons. The number of rotatable bonds is 7. The molecule has 32 heavy (non-hydrogen) atoms. The van der Waals surface area contributed by atoms with Crippen molar-refractivity contribution in [2.24, 2.45) is 5.92 Å². The van der Waals surface area contributed by atoms with Crippen LogP contribution in [-0.2, 0) is 4.74 Å². The van der Waals surface area contributed by atoms with Crippen molar-refractivity contribution in [3.63, 3.8) is 0 Å². The predicted octanol–water partition coefficient (Wildman–Crippen LogP) is 5.56. The molecule has 0 aliphatic heterocycles. The predicted molar refractivity (Wildman–Crippen MR) is 125 cm³/mol. The van der Waals surface area contributed by atoms with Crippen LogP contribution in [0.5, 0.6) is 11.6 Å². The number of nitrogens with two attached hydrogens (primary N) is 1. The van der Waals surface area contributed by atoms with E-state index in [1.54, 1.807) is 24.3 Å². The van der Waals surface area contributed by atoms with E-state index < -0.39 is 0 Å². The Morgan fingerprint density at radius 1 is 1.00 bits per heavy atom. The molecule has 7 heteroatoms. The van der Waals surface area contributed by atoms with Crippen LogP contribution in [0.4, 0.5) is 17.2 Å². The molecule has 4 aromatic rings. The van der Waals surface area contributed by atoms with Gasteiger partial charge in [-0.25, -0.2) is 9.78 Å². The first kappa shape index (κ1) is 21.1. The molecule has 3 aromatic carbocycles. The first-order valence-corrected chi connectivity index (χ1v) is 10.3. The third-order valence-electron chi connectivity index (χ3n) is 4.73. The number of nitrogens with one attached hydrogen (secondary N) is 1. The standard InChI is InChI=1S/C25H24N4O3/c1-16(2)14-31-25(30)18-10-12-19(13-11-18)29-23-22(26)24(28-15-27-23)32-21-9-5-7-17-6-3-4-8-20(17)21/h3-13,15-16H,14,26H2,1-2H3,(H,27,28,29). The van der Waals surface area contributed by atoms with Crippen LogP contribution >= 0.6 is 0 Å². The average molecular weight is 428 g/mol. The molecular formula is C25H24N4O3. The number of benzene rings is 3. The third kappa shape index (κ3) is 4.78. The fourth-order valence-electron chi connectivity index (χ4n) is 3.10. The van der Waals surface area contributed by atoms with Gasteiger partial charge in [0, 0.05) is 11.1 Å². The smallest absolute Gasteiger partial charge is 0.338 e. The van der Waals surface area contributed by atoms with E-state index in [0.29, 0.717) is 29.4 Å². The molecule has 1 heterocycles. The summed E-state index contributed by atoms with van der Waals surface area (Å²) in [7, 11) is 0. The second kappa shape index (κ2) is 9.34. The van der Waals surface area contributed by atoms with Crippen molar-refractivity contribution in [1.29, 1.82) is 0 Å². The Hall–Kier alpha value is -4.13. The van der Waals surface area contributed by atoms with E-state index in [9.17, 15) is 4.79 Å². The van der Waals surface area contributed by atoms with Crippen molar-refractivity contribution in [3.05, 3.63) is 78.6 Å². The first-order chi connectivity index (χ1) is 15.5. The van der Waals surface area contributed by atoms with Gasteiger partial charge in [-0.3, -0.25) is 0 Å². The van der Waals surface area contributed by atoms with Crippen molar-refractivity contribution in [2.45, 2.75) is 13.8 Å². The van der Waals surface area contributed by atoms with Crippen LogP contribution in [-0.4, -0.2) is 22.5 Å². The molecule has 0 fully saturated rings. The molecule has 7 nitrogen and oxygen atoms in total. The number of hydrogen-bond acceptors (Lipinski definition) is 7. The quantitative estimate of drug-likeness (QED) is 0.372. The minimum Gasteiger partial charge on any atom is -0.462 e. The SMILES string of the molecule is CC(C)COC(=O)c1ccc(Nc2ncnc(Oc3cccc4ccccc34)c2N)cc1. The minimum absolute atomic E-state index is 0.257. The van der Waals surface area contributed by atoms with Gasteiger partial charge in [-0.15, -0.1) is 0 Å². The first-order valence-electron chi connectivity index (χ1n) is 10.3. The zero-order chi connectivity index (χ0) is 22.5. The Morgan fingerprint density at radius 2 is 1.75 bits per heavy atom. The van der Waals surface area contributed by atoms with Gasteiger partial charge in [0.25, 0.3) is 0 Å². The summed E-state index contributed by atoms with van der Waals surface area (Å²) in [6.07, 6.45) is 1.39. The highest BCUT2D eigenvalue weighted by Crippen LogP contribution is 2.34. The molecule has 0 aliphatic carbocycles. The second-order valence-electron chi connectivity index (χ2n) is 7.72. The van der Waals surface area contributed by atoms with Gasteiger partial charge >= 0.3 is 5.97 Å². The number of nitrogen functional groups attached to an aromatic ring is 1. The number of carbonyl (C=O) groups is 1. The summed E-state index contributed by atoms with van der Waals surface area (Å²) in [5.74, 6) is 1.25. The van der Waals surface area contributed by atoms with Gasteiger partial charge in [0.2, 0.25) is 5.88 Å². The van der Waals surface area contributed by atoms with E-state index in [2.05, 4.69) is 15.3 Å². The van der Waals surface area contributed by atoms with E-state index in [-0.39, 0.29) is 23.5 Å². The number of esters is 1. The van der Waals surface area contributed by atoms with Gasteiger partial charge in [-0.2, -0.15) is 4.98 Å². The number of carbonyl (C=O) groups excluding carboxylic acids is 1. The average Bonchev–Trinajstić information content (AvgIpc) is 2.81. The van der Waals surface area contributed by atoms with Gasteiger partial charge in [0.1, 0.15) is 17.8 Å². The fraction of sp³-hybridized carbons (Fsp3) is 0.160. The van der Waals surface area contributed by atoms with Crippen LogP contribution in [0.15, 0.2) is 73.1 Å². The summed E-state index contributed by atoms with van der Waals surface area (Å²) in [6.45, 7) is 4.37. The maximum atomic E-state index is 12.1. The molecule has 0 atom stereocenters. The van der Waals surface area contributed by atoms with Crippen LogP contribution in [0, 0.1) is 5.92 Å². The summed E-state index contributed by atoms with van der Waals surface area (Å²) in [4.78, 5) is 20.5. The molecule has 0 spiro atoms. The topological polar surface area (TPSA) is 99.4 Å². The molecule has 0 unspecified atom stereocenters. The van der Waals surface area contributed by atoms with Crippen LogP contribution in [0.2, 0.25) is 0 Å². The van der Waals surface area contributed by atoms with E-state index >= 15 is 0 Å². The molecule has 4 rings (SSSR count). The Bertz CT molecular complexity index is 1230. The third-order valence-corrected chi connectivity index (χ3v) is 4.73. The lowest BCUT2D eigenvalue weighted by Crippen LogP contribution is -2.10. The highest BCUT2D eigenvalue weighted by Gasteiger charge is 2.13. The van der Waals surface area contributed by atoms with Gasteiger partial charge in [0.05, 0.1) is 12.2 Å². The monoisotopic (exact) mass is 428 g/mol. The number of fused-ring (bicyclic) bond motifs is 1. The maximum Gasteiger partial charge on any atom is 0.338 e. The Morgan fingerprint density at radius 3 is 2.53 bits per heavy atom. The van der Waals surface area contributed by atoms with Crippen LogP contribution < -0.4 is 15.8 Å². The number of nitrogens with zero attached hydrogens (tertiary/aromatic N) is 2. The normalized spacial score (nSPS) is 10.8. The lowest BCUT2D eigenvalue weighted by Gasteiger charge is -2.13. The van der Waals surface area contributed by atoms with E-state index in [1.165, 1.54) is 6.33 Å². The van der Waals surface area contributed by atoms with Crippen LogP contribution in [0.1, 0.15) is 24.2 Å². The maximum absolute atomic E-state index is 12.1. The largest absolute Gasteiger partial charge is 0.462 e. The molecule has 0 bridgehead atoms. The van der Waals surface area contributed by atoms with E-state index in [1.807, 2.05) is 56.3 Å². The number of anilines is 3. The summed E-state index contributed by atoms with van der Waals surface area (Å²) in [5.41, 5.74) is 7.75. The number of ether oxygens (including phenoxy) is 2. The summed E-state index contributed by atoms with van der Waals surface area (Å²) < 4.78 is 11.3. The van der Waals surface area contributed by atoms with Gasteiger partial charge in [-0.1, -0.05) is 50.2 Å². The Labute approximate surface area is 186 Å². The van der Waals surface area contributed by atoms with Crippen molar-refractivity contribution >= 4 is 33.9 Å². The lowest BCUT2D eigenvalue weighted by atomic mass is 10.1. The second-order valence-corrected chi connectivity index (χ2v) is 7.72. The van der Waals surface area contributed by atoms with Gasteiger partial charge in [-0.05, 0) is 41.6 Å². The van der Waals surface area contributed by atoms with Crippen LogP contribution in [0.25, 0.3) is 10.8 Å². The summed E-state index contributed by atoms with van der Waals surface area (Å²) >= 11 is 0. The zero-order valence-electron chi connectivity index (χ0n) is 17.9. The highest BCUT2D eigenvalue weighted by molar-refractivity contribution is 5.90. The van der Waals surface area contributed by atoms with Crippen molar-refractivity contribution in [3.8, 4) is 11.6 Å². The molecule has 0 saturated carbocycles. The molecule has 0 radical (unpaired) electrons. The van der Waals surface area contributed by atoms with E-state index in [4.69, 9.17) is 15.2 Å². The van der Waals surface area contributed by atoms with Crippen molar-refractivity contribution in [1.82, 2.24) is 9.97 Å². The van der Waals surface area contributed by atoms with Crippen LogP contribution in [0.3, 0.4) is 0 Å². The van der Waals surface area contributed by atoms with Crippen molar-refractivity contribution in [2.75, 3.05) is 17.7 Å². The van der Waals surface area contributed by atoms with Crippen molar-refractivity contribution < 1.29 is 14.3 Å². The molecule has 3 N–H and O–H groups in total. The van der Waals surface area contributed by atoms with Gasteiger partial charge < -0.3 is 20.5 Å². The number of aromatic nitrogens is 2. The molecule has 0 amide bonds.